The molecule has 0 saturated heterocycles. The third-order valence-corrected chi connectivity index (χ3v) is 3.29. The Kier molecular flexibility index (Phi) is 8.16. The highest BCUT2D eigenvalue weighted by Gasteiger charge is 2.13. The van der Waals surface area contributed by atoms with E-state index in [2.05, 4.69) is 5.32 Å². The number of rotatable bonds is 7. The Morgan fingerprint density at radius 1 is 1.17 bits per heavy atom. The number of carbonyl (C=O) groups is 1. The zero-order chi connectivity index (χ0) is 15.8. The van der Waals surface area contributed by atoms with Crippen molar-refractivity contribution < 1.29 is 9.53 Å². The predicted molar refractivity (Wildman–Crippen MR) is 95.1 cm³/mol. The van der Waals surface area contributed by atoms with Gasteiger partial charge in [-0.25, -0.2) is 0 Å². The highest BCUT2D eigenvalue weighted by molar-refractivity contribution is 5.85. The van der Waals surface area contributed by atoms with Crippen LogP contribution in [0, 0.1) is 6.92 Å². The van der Waals surface area contributed by atoms with Gasteiger partial charge in [-0.3, -0.25) is 4.79 Å². The van der Waals surface area contributed by atoms with E-state index >= 15 is 0 Å². The van der Waals surface area contributed by atoms with Gasteiger partial charge in [-0.05, 0) is 36.6 Å². The van der Waals surface area contributed by atoms with Crippen molar-refractivity contribution >= 4 is 18.3 Å². The number of ether oxygens (including phenoxy) is 1. The lowest BCUT2D eigenvalue weighted by molar-refractivity contribution is -0.122. The van der Waals surface area contributed by atoms with Crippen molar-refractivity contribution in [3.63, 3.8) is 0 Å². The number of hydrogen-bond donors (Lipinski definition) is 2. The molecule has 2 rings (SSSR count). The summed E-state index contributed by atoms with van der Waals surface area (Å²) in [6.45, 7) is 2.87. The van der Waals surface area contributed by atoms with Crippen LogP contribution in [0.4, 0.5) is 0 Å². The fourth-order valence-electron chi connectivity index (χ4n) is 2.14. The highest BCUT2D eigenvalue weighted by Crippen LogP contribution is 2.11. The molecule has 23 heavy (non-hydrogen) atoms. The first kappa shape index (κ1) is 19.0. The topological polar surface area (TPSA) is 64.3 Å². The van der Waals surface area contributed by atoms with Gasteiger partial charge in [0.2, 0.25) is 5.91 Å². The number of halogens is 1. The van der Waals surface area contributed by atoms with Crippen LogP contribution in [0.3, 0.4) is 0 Å². The molecule has 0 aliphatic carbocycles. The molecule has 0 saturated carbocycles. The molecule has 1 unspecified atom stereocenters. The number of aryl methyl sites for hydroxylation is 1. The number of nitrogens with one attached hydrogen (secondary N) is 1. The smallest absolute Gasteiger partial charge is 0.237 e. The zero-order valence-electron chi connectivity index (χ0n) is 13.2. The molecule has 0 spiro atoms. The number of hydrogen-bond acceptors (Lipinski definition) is 3. The lowest BCUT2D eigenvalue weighted by Crippen LogP contribution is -2.43. The number of amides is 1. The summed E-state index contributed by atoms with van der Waals surface area (Å²) < 4.78 is 5.58. The monoisotopic (exact) mass is 334 g/mol. The van der Waals surface area contributed by atoms with Gasteiger partial charge in [-0.15, -0.1) is 12.4 Å². The average Bonchev–Trinajstić information content (AvgIpc) is 2.52. The van der Waals surface area contributed by atoms with E-state index in [0.717, 1.165) is 16.9 Å². The molecule has 3 N–H and O–H groups in total. The van der Waals surface area contributed by atoms with Crippen LogP contribution >= 0.6 is 12.4 Å². The zero-order valence-corrected chi connectivity index (χ0v) is 14.0. The Labute approximate surface area is 143 Å². The molecule has 0 aliphatic rings. The molecule has 1 amide bonds. The van der Waals surface area contributed by atoms with Crippen LogP contribution in [0.5, 0.6) is 5.75 Å². The van der Waals surface area contributed by atoms with E-state index in [1.54, 1.807) is 0 Å². The summed E-state index contributed by atoms with van der Waals surface area (Å²) in [6, 6.07) is 17.0. The lowest BCUT2D eigenvalue weighted by atomic mass is 10.1. The standard InChI is InChI=1S/C18H22N2O2.ClH/c1-14-6-5-9-16(12-14)22-11-10-20-18(21)17(19)13-15-7-3-2-4-8-15;/h2-9,12,17H,10-11,13,19H2,1H3,(H,20,21);1H. The summed E-state index contributed by atoms with van der Waals surface area (Å²) in [5.74, 6) is 0.652. The predicted octanol–water partition coefficient (Wildman–Crippen LogP) is 2.48. The fourth-order valence-corrected chi connectivity index (χ4v) is 2.14. The molecule has 5 heteroatoms. The summed E-state index contributed by atoms with van der Waals surface area (Å²) in [5.41, 5.74) is 8.11. The molecular formula is C18H23ClN2O2. The summed E-state index contributed by atoms with van der Waals surface area (Å²) in [6.07, 6.45) is 0.533. The van der Waals surface area contributed by atoms with E-state index in [1.807, 2.05) is 61.5 Å². The molecule has 0 radical (unpaired) electrons. The van der Waals surface area contributed by atoms with Gasteiger partial charge in [0.05, 0.1) is 12.6 Å². The lowest BCUT2D eigenvalue weighted by Gasteiger charge is -2.13. The van der Waals surface area contributed by atoms with Gasteiger partial charge in [0.25, 0.3) is 0 Å². The first-order valence-corrected chi connectivity index (χ1v) is 7.42. The first-order chi connectivity index (χ1) is 10.6. The van der Waals surface area contributed by atoms with Crippen molar-refractivity contribution in [2.75, 3.05) is 13.2 Å². The minimum Gasteiger partial charge on any atom is -0.492 e. The molecule has 4 nitrogen and oxygen atoms in total. The van der Waals surface area contributed by atoms with Gasteiger partial charge in [-0.1, -0.05) is 42.5 Å². The molecule has 0 bridgehead atoms. The quantitative estimate of drug-likeness (QED) is 0.765. The Balaban J connectivity index is 0.00000264. The van der Waals surface area contributed by atoms with Gasteiger partial charge < -0.3 is 15.8 Å². The van der Waals surface area contributed by atoms with Gasteiger partial charge in [0, 0.05) is 0 Å². The molecular weight excluding hydrogens is 312 g/mol. The minimum atomic E-state index is -0.540. The summed E-state index contributed by atoms with van der Waals surface area (Å²) in [7, 11) is 0. The number of carbonyl (C=O) groups excluding carboxylic acids is 1. The normalized spacial score (nSPS) is 11.2. The van der Waals surface area contributed by atoms with Crippen molar-refractivity contribution in [1.82, 2.24) is 5.32 Å². The van der Waals surface area contributed by atoms with Gasteiger partial charge >= 0.3 is 0 Å². The van der Waals surface area contributed by atoms with Crippen LogP contribution in [0.15, 0.2) is 54.6 Å². The fraction of sp³-hybridized carbons (Fsp3) is 0.278. The molecule has 1 atom stereocenters. The van der Waals surface area contributed by atoms with Gasteiger partial charge in [0.1, 0.15) is 12.4 Å². The van der Waals surface area contributed by atoms with E-state index in [4.69, 9.17) is 10.5 Å². The molecule has 2 aromatic rings. The Hall–Kier alpha value is -2.04. The van der Waals surface area contributed by atoms with Crippen molar-refractivity contribution in [3.05, 3.63) is 65.7 Å². The van der Waals surface area contributed by atoms with Crippen LogP contribution in [0.1, 0.15) is 11.1 Å². The van der Waals surface area contributed by atoms with E-state index in [0.29, 0.717) is 19.6 Å². The van der Waals surface area contributed by atoms with Gasteiger partial charge in [0.15, 0.2) is 0 Å². The van der Waals surface area contributed by atoms with Crippen molar-refractivity contribution in [2.24, 2.45) is 5.73 Å². The summed E-state index contributed by atoms with van der Waals surface area (Å²) in [5, 5.41) is 2.80. The third-order valence-electron chi connectivity index (χ3n) is 3.29. The molecule has 0 fully saturated rings. The van der Waals surface area contributed by atoms with E-state index < -0.39 is 6.04 Å². The second-order valence-electron chi connectivity index (χ2n) is 5.25. The van der Waals surface area contributed by atoms with Crippen LogP contribution in [-0.2, 0) is 11.2 Å². The first-order valence-electron chi connectivity index (χ1n) is 7.42. The molecule has 2 aromatic carbocycles. The van der Waals surface area contributed by atoms with Crippen LogP contribution in [-0.4, -0.2) is 25.1 Å². The van der Waals surface area contributed by atoms with Gasteiger partial charge in [-0.2, -0.15) is 0 Å². The molecule has 0 heterocycles. The average molecular weight is 335 g/mol. The van der Waals surface area contributed by atoms with E-state index in [-0.39, 0.29) is 18.3 Å². The molecule has 124 valence electrons. The molecule has 0 aliphatic heterocycles. The second kappa shape index (κ2) is 9.87. The van der Waals surface area contributed by atoms with E-state index in [9.17, 15) is 4.79 Å². The Morgan fingerprint density at radius 2 is 1.91 bits per heavy atom. The highest BCUT2D eigenvalue weighted by atomic mass is 35.5. The third kappa shape index (κ3) is 6.72. The Morgan fingerprint density at radius 3 is 2.61 bits per heavy atom. The maximum atomic E-state index is 11.9. The van der Waals surface area contributed by atoms with E-state index in [1.165, 1.54) is 0 Å². The Bertz CT molecular complexity index is 605. The van der Waals surface area contributed by atoms with Crippen molar-refractivity contribution in [2.45, 2.75) is 19.4 Å². The summed E-state index contributed by atoms with van der Waals surface area (Å²) in [4.78, 5) is 11.9. The van der Waals surface area contributed by atoms with Crippen LogP contribution < -0.4 is 15.8 Å². The number of nitrogens with two attached hydrogens (primary N) is 1. The largest absolute Gasteiger partial charge is 0.492 e. The molecule has 0 aromatic heterocycles. The maximum absolute atomic E-state index is 11.9. The van der Waals surface area contributed by atoms with Crippen LogP contribution in [0.2, 0.25) is 0 Å². The SMILES string of the molecule is Cc1cccc(OCCNC(=O)C(N)Cc2ccccc2)c1.Cl. The van der Waals surface area contributed by atoms with Crippen molar-refractivity contribution in [3.8, 4) is 5.75 Å². The number of benzene rings is 2. The maximum Gasteiger partial charge on any atom is 0.237 e. The van der Waals surface area contributed by atoms with Crippen molar-refractivity contribution in [1.29, 1.82) is 0 Å². The van der Waals surface area contributed by atoms with Crippen LogP contribution in [0.25, 0.3) is 0 Å². The summed E-state index contributed by atoms with van der Waals surface area (Å²) >= 11 is 0. The minimum absolute atomic E-state index is 0. The second-order valence-corrected chi connectivity index (χ2v) is 5.25.